The fraction of sp³-hybridized carbons (Fsp3) is 0.857. The Morgan fingerprint density at radius 2 is 2.10 bits per heavy atom. The molecule has 0 amide bonds. The highest BCUT2D eigenvalue weighted by Crippen LogP contribution is 2.09. The van der Waals surface area contributed by atoms with Crippen molar-refractivity contribution in [1.29, 1.82) is 0 Å². The number of aliphatic carboxylic acids is 1. The summed E-state index contributed by atoms with van der Waals surface area (Å²) in [6.07, 6.45) is 0.0749. The molecule has 1 unspecified atom stereocenters. The van der Waals surface area contributed by atoms with Gasteiger partial charge < -0.3 is 10.2 Å². The zero-order valence-electron chi connectivity index (χ0n) is 6.37. The molecule has 0 bridgehead atoms. The first-order chi connectivity index (χ1) is 4.57. The molecule has 0 radical (unpaired) electrons. The highest BCUT2D eigenvalue weighted by molar-refractivity contribution is 5.71. The number of hydrogen-bond donors (Lipinski definition) is 2. The highest BCUT2D eigenvalue weighted by atomic mass is 16.4. The van der Waals surface area contributed by atoms with Gasteiger partial charge in [-0.25, -0.2) is 4.79 Å². The van der Waals surface area contributed by atoms with Crippen LogP contribution < -0.4 is 0 Å². The van der Waals surface area contributed by atoms with Gasteiger partial charge in [-0.05, 0) is 12.3 Å². The Kier molecular flexibility index (Phi) is 4.03. The summed E-state index contributed by atoms with van der Waals surface area (Å²) in [5.41, 5.74) is 0. The zero-order valence-corrected chi connectivity index (χ0v) is 6.37. The van der Waals surface area contributed by atoms with E-state index in [2.05, 4.69) is 0 Å². The van der Waals surface area contributed by atoms with Crippen molar-refractivity contribution in [3.63, 3.8) is 0 Å². The molecule has 0 aromatic carbocycles. The molecule has 60 valence electrons. The number of rotatable bonds is 4. The van der Waals surface area contributed by atoms with Crippen LogP contribution in [0.2, 0.25) is 0 Å². The number of carbonyl (C=O) groups is 1. The number of aliphatic hydroxyl groups excluding tert-OH is 1. The molecule has 2 atom stereocenters. The lowest BCUT2D eigenvalue weighted by Gasteiger charge is -2.09. The minimum atomic E-state index is -1.19. The second kappa shape index (κ2) is 4.28. The lowest BCUT2D eigenvalue weighted by molar-refractivity contribution is -0.147. The van der Waals surface area contributed by atoms with Crippen molar-refractivity contribution in [3.05, 3.63) is 0 Å². The molecule has 0 spiro atoms. The van der Waals surface area contributed by atoms with Crippen molar-refractivity contribution in [2.75, 3.05) is 0 Å². The quantitative estimate of drug-likeness (QED) is 0.618. The summed E-state index contributed by atoms with van der Waals surface area (Å²) in [4.78, 5) is 10.1. The number of aliphatic hydroxyl groups is 1. The smallest absolute Gasteiger partial charge is 0.332 e. The molecule has 0 fully saturated rings. The predicted molar refractivity (Wildman–Crippen MR) is 37.7 cm³/mol. The van der Waals surface area contributed by atoms with Crippen LogP contribution in [0.15, 0.2) is 0 Å². The fourth-order valence-corrected chi connectivity index (χ4v) is 0.649. The molecule has 0 aromatic rings. The third-order valence-corrected chi connectivity index (χ3v) is 1.61. The van der Waals surface area contributed by atoms with Crippen molar-refractivity contribution >= 4 is 5.97 Å². The van der Waals surface area contributed by atoms with Crippen molar-refractivity contribution in [1.82, 2.24) is 0 Å². The summed E-state index contributed by atoms with van der Waals surface area (Å²) in [5.74, 6) is -0.841. The van der Waals surface area contributed by atoms with Crippen LogP contribution in [0.3, 0.4) is 0 Å². The van der Waals surface area contributed by atoms with Gasteiger partial charge in [0.25, 0.3) is 0 Å². The molecular weight excluding hydrogens is 132 g/mol. The van der Waals surface area contributed by atoms with E-state index in [-0.39, 0.29) is 5.92 Å². The van der Waals surface area contributed by atoms with Gasteiger partial charge in [0.2, 0.25) is 0 Å². The molecule has 0 heterocycles. The third kappa shape index (κ3) is 3.45. The number of carboxylic acid groups (broad SMARTS) is 1. The zero-order chi connectivity index (χ0) is 8.15. The average molecular weight is 146 g/mol. The summed E-state index contributed by atoms with van der Waals surface area (Å²) in [5, 5.41) is 17.1. The van der Waals surface area contributed by atoms with Crippen LogP contribution in [0.4, 0.5) is 0 Å². The monoisotopic (exact) mass is 146 g/mol. The van der Waals surface area contributed by atoms with E-state index in [0.717, 1.165) is 6.42 Å². The minimum Gasteiger partial charge on any atom is -0.479 e. The summed E-state index contributed by atoms with van der Waals surface area (Å²) in [7, 11) is 0. The lowest BCUT2D eigenvalue weighted by atomic mass is 10.0. The molecule has 3 nitrogen and oxygen atoms in total. The number of hydrogen-bond acceptors (Lipinski definition) is 2. The van der Waals surface area contributed by atoms with Crippen LogP contribution in [0, 0.1) is 5.92 Å². The van der Waals surface area contributed by atoms with Crippen LogP contribution in [-0.2, 0) is 4.79 Å². The summed E-state index contributed by atoms with van der Waals surface area (Å²) in [6, 6.07) is 0. The highest BCUT2D eigenvalue weighted by Gasteiger charge is 2.15. The molecule has 0 aliphatic carbocycles. The molecular formula is C7H14O3. The fourth-order valence-electron chi connectivity index (χ4n) is 0.649. The van der Waals surface area contributed by atoms with E-state index in [4.69, 9.17) is 10.2 Å². The first-order valence-electron chi connectivity index (χ1n) is 3.48. The first kappa shape index (κ1) is 9.43. The van der Waals surface area contributed by atoms with E-state index in [1.165, 1.54) is 0 Å². The molecule has 10 heavy (non-hydrogen) atoms. The summed E-state index contributed by atoms with van der Waals surface area (Å²) in [6.45, 7) is 3.89. The van der Waals surface area contributed by atoms with Gasteiger partial charge in [0.15, 0.2) is 6.10 Å². The second-order valence-corrected chi connectivity index (χ2v) is 2.60. The predicted octanol–water partition coefficient (Wildman–Crippen LogP) is 0.868. The van der Waals surface area contributed by atoms with E-state index >= 15 is 0 Å². The molecule has 3 heteroatoms. The minimum absolute atomic E-state index is 0.283. The van der Waals surface area contributed by atoms with Crippen LogP contribution in [0.1, 0.15) is 26.7 Å². The normalized spacial score (nSPS) is 16.3. The van der Waals surface area contributed by atoms with Crippen molar-refractivity contribution in [2.45, 2.75) is 32.8 Å². The Labute approximate surface area is 60.7 Å². The Morgan fingerprint density at radius 1 is 1.60 bits per heavy atom. The van der Waals surface area contributed by atoms with E-state index in [1.54, 1.807) is 0 Å². The van der Waals surface area contributed by atoms with Crippen molar-refractivity contribution in [3.8, 4) is 0 Å². The van der Waals surface area contributed by atoms with Gasteiger partial charge in [0.05, 0.1) is 0 Å². The van der Waals surface area contributed by atoms with E-state index in [9.17, 15) is 4.79 Å². The van der Waals surface area contributed by atoms with Crippen molar-refractivity contribution in [2.24, 2.45) is 5.92 Å². The Bertz CT molecular complexity index is 111. The lowest BCUT2D eigenvalue weighted by Crippen LogP contribution is -2.21. The number of carboxylic acids is 1. The van der Waals surface area contributed by atoms with Crippen LogP contribution in [-0.4, -0.2) is 22.3 Å². The SMILES string of the molecule is CCC(C)C[C@H](O)C(=O)O. The topological polar surface area (TPSA) is 57.5 Å². The third-order valence-electron chi connectivity index (χ3n) is 1.61. The first-order valence-corrected chi connectivity index (χ1v) is 3.48. The maximum absolute atomic E-state index is 10.1. The summed E-state index contributed by atoms with van der Waals surface area (Å²) >= 11 is 0. The van der Waals surface area contributed by atoms with Gasteiger partial charge in [-0.3, -0.25) is 0 Å². The Hall–Kier alpha value is -0.570. The standard InChI is InChI=1S/C7H14O3/c1-3-5(2)4-6(8)7(9)10/h5-6,8H,3-4H2,1-2H3,(H,9,10)/t5?,6-/m0/s1. The Balaban J connectivity index is 3.56. The summed E-state index contributed by atoms with van der Waals surface area (Å²) < 4.78 is 0. The average Bonchev–Trinajstić information content (AvgIpc) is 1.87. The largest absolute Gasteiger partial charge is 0.479 e. The van der Waals surface area contributed by atoms with Crippen LogP contribution in [0.5, 0.6) is 0 Å². The Morgan fingerprint density at radius 3 is 2.40 bits per heavy atom. The van der Waals surface area contributed by atoms with Gasteiger partial charge in [0.1, 0.15) is 0 Å². The molecule has 0 aliphatic rings. The molecule has 0 rings (SSSR count). The molecule has 0 aliphatic heterocycles. The molecule has 0 aromatic heterocycles. The maximum atomic E-state index is 10.1. The van der Waals surface area contributed by atoms with Crippen LogP contribution >= 0.6 is 0 Å². The molecule has 0 saturated heterocycles. The molecule has 2 N–H and O–H groups in total. The molecule has 0 saturated carbocycles. The van der Waals surface area contributed by atoms with Gasteiger partial charge in [-0.15, -0.1) is 0 Å². The van der Waals surface area contributed by atoms with Gasteiger partial charge in [0, 0.05) is 0 Å². The van der Waals surface area contributed by atoms with Gasteiger partial charge >= 0.3 is 5.97 Å². The van der Waals surface area contributed by atoms with Crippen LogP contribution in [0.25, 0.3) is 0 Å². The van der Waals surface area contributed by atoms with Gasteiger partial charge in [-0.1, -0.05) is 20.3 Å². The van der Waals surface area contributed by atoms with Crippen molar-refractivity contribution < 1.29 is 15.0 Å². The second-order valence-electron chi connectivity index (χ2n) is 2.60. The van der Waals surface area contributed by atoms with E-state index in [1.807, 2.05) is 13.8 Å². The van der Waals surface area contributed by atoms with Gasteiger partial charge in [-0.2, -0.15) is 0 Å². The van der Waals surface area contributed by atoms with E-state index < -0.39 is 12.1 Å². The van der Waals surface area contributed by atoms with E-state index in [0.29, 0.717) is 6.42 Å². The maximum Gasteiger partial charge on any atom is 0.332 e.